The van der Waals surface area contributed by atoms with Crippen LogP contribution in [0.15, 0.2) is 18.2 Å². The number of carbonyl (C=O) groups is 1. The van der Waals surface area contributed by atoms with Crippen LogP contribution in [0.25, 0.3) is 0 Å². The maximum Gasteiger partial charge on any atom is 0.315 e. The van der Waals surface area contributed by atoms with Crippen LogP contribution in [-0.4, -0.2) is 25.8 Å². The first-order valence-electron chi connectivity index (χ1n) is 5.33. The van der Waals surface area contributed by atoms with Gasteiger partial charge in [0.05, 0.1) is 6.54 Å². The van der Waals surface area contributed by atoms with E-state index in [1.165, 1.54) is 0 Å². The maximum absolute atomic E-state index is 11.8. The van der Waals surface area contributed by atoms with Gasteiger partial charge >= 0.3 is 6.03 Å². The molecule has 0 unspecified atom stereocenters. The van der Waals surface area contributed by atoms with Gasteiger partial charge in [0.15, 0.2) is 11.5 Å². The second kappa shape index (κ2) is 5.52. The second-order valence-electron chi connectivity index (χ2n) is 3.64. The van der Waals surface area contributed by atoms with E-state index >= 15 is 0 Å². The van der Waals surface area contributed by atoms with Gasteiger partial charge in [-0.1, -0.05) is 6.07 Å². The van der Waals surface area contributed by atoms with Crippen LogP contribution in [0.5, 0.6) is 11.5 Å². The Morgan fingerprint density at radius 1 is 1.28 bits per heavy atom. The van der Waals surface area contributed by atoms with E-state index in [9.17, 15) is 13.6 Å². The molecule has 2 N–H and O–H groups in total. The molecule has 0 radical (unpaired) electrons. The standard InChI is InChI=1S/C11H12F2N2O3/c12-10(13)5-15-11(16)14-4-7-1-2-8-9(3-7)18-6-17-8/h1-3,10H,4-6H2,(H2,14,15,16). The molecule has 18 heavy (non-hydrogen) atoms. The molecule has 1 aliphatic rings. The zero-order valence-corrected chi connectivity index (χ0v) is 9.41. The van der Waals surface area contributed by atoms with Gasteiger partial charge in [-0.3, -0.25) is 0 Å². The average molecular weight is 258 g/mol. The molecule has 1 aromatic rings. The zero-order chi connectivity index (χ0) is 13.0. The minimum Gasteiger partial charge on any atom is -0.454 e. The van der Waals surface area contributed by atoms with Crippen LogP contribution in [0, 0.1) is 0 Å². The summed E-state index contributed by atoms with van der Waals surface area (Å²) in [6, 6.07) is 4.60. The summed E-state index contributed by atoms with van der Waals surface area (Å²) in [7, 11) is 0. The van der Waals surface area contributed by atoms with Crippen LogP contribution < -0.4 is 20.1 Å². The Labute approximate surface area is 102 Å². The molecule has 0 spiro atoms. The first-order valence-corrected chi connectivity index (χ1v) is 5.33. The molecule has 0 aromatic heterocycles. The van der Waals surface area contributed by atoms with Crippen LogP contribution in [0.2, 0.25) is 0 Å². The molecule has 7 heteroatoms. The lowest BCUT2D eigenvalue weighted by molar-refractivity contribution is 0.146. The third kappa shape index (κ3) is 3.22. The van der Waals surface area contributed by atoms with Gasteiger partial charge in [0.25, 0.3) is 6.43 Å². The highest BCUT2D eigenvalue weighted by atomic mass is 19.3. The first-order chi connectivity index (χ1) is 8.65. The van der Waals surface area contributed by atoms with Crippen molar-refractivity contribution in [1.29, 1.82) is 0 Å². The van der Waals surface area contributed by atoms with Crippen molar-refractivity contribution in [1.82, 2.24) is 10.6 Å². The molecule has 0 saturated heterocycles. The molecule has 1 aromatic carbocycles. The number of ether oxygens (including phenoxy) is 2. The number of benzene rings is 1. The summed E-state index contributed by atoms with van der Waals surface area (Å²) >= 11 is 0. The normalized spacial score (nSPS) is 12.6. The molecule has 1 heterocycles. The fourth-order valence-electron chi connectivity index (χ4n) is 1.47. The molecule has 5 nitrogen and oxygen atoms in total. The maximum atomic E-state index is 11.8. The van der Waals surface area contributed by atoms with Gasteiger partial charge in [-0.05, 0) is 17.7 Å². The van der Waals surface area contributed by atoms with Crippen molar-refractivity contribution in [2.45, 2.75) is 13.0 Å². The van der Waals surface area contributed by atoms with Gasteiger partial charge < -0.3 is 20.1 Å². The monoisotopic (exact) mass is 258 g/mol. The van der Waals surface area contributed by atoms with Crippen LogP contribution in [0.3, 0.4) is 0 Å². The number of carbonyl (C=O) groups excluding carboxylic acids is 1. The average Bonchev–Trinajstić information content (AvgIpc) is 2.81. The van der Waals surface area contributed by atoms with Crippen LogP contribution in [0.4, 0.5) is 13.6 Å². The van der Waals surface area contributed by atoms with E-state index in [1.54, 1.807) is 18.2 Å². The van der Waals surface area contributed by atoms with E-state index in [4.69, 9.17) is 9.47 Å². The quantitative estimate of drug-likeness (QED) is 0.860. The lowest BCUT2D eigenvalue weighted by atomic mass is 10.2. The zero-order valence-electron chi connectivity index (χ0n) is 9.41. The molecule has 0 saturated carbocycles. The Balaban J connectivity index is 1.81. The Morgan fingerprint density at radius 3 is 2.83 bits per heavy atom. The highest BCUT2D eigenvalue weighted by Crippen LogP contribution is 2.32. The van der Waals surface area contributed by atoms with Gasteiger partial charge in [-0.2, -0.15) is 0 Å². The summed E-state index contributed by atoms with van der Waals surface area (Å²) in [5, 5.41) is 4.51. The predicted molar refractivity (Wildman–Crippen MR) is 58.8 cm³/mol. The Kier molecular flexibility index (Phi) is 3.81. The van der Waals surface area contributed by atoms with Crippen molar-refractivity contribution in [3.63, 3.8) is 0 Å². The molecule has 1 aliphatic heterocycles. The topological polar surface area (TPSA) is 59.6 Å². The number of nitrogens with one attached hydrogen (secondary N) is 2. The molecule has 2 amide bonds. The summed E-state index contributed by atoms with van der Waals surface area (Å²) in [5.74, 6) is 1.27. The van der Waals surface area contributed by atoms with Crippen LogP contribution in [-0.2, 0) is 6.54 Å². The Hall–Kier alpha value is -2.05. The minimum absolute atomic E-state index is 0.182. The van der Waals surface area contributed by atoms with Crippen molar-refractivity contribution in [2.24, 2.45) is 0 Å². The van der Waals surface area contributed by atoms with E-state index in [0.717, 1.165) is 5.56 Å². The predicted octanol–water partition coefficient (Wildman–Crippen LogP) is 1.48. The SMILES string of the molecule is O=C(NCc1ccc2c(c1)OCO2)NCC(F)F. The number of urea groups is 1. The second-order valence-corrected chi connectivity index (χ2v) is 3.64. The van der Waals surface area contributed by atoms with Gasteiger partial charge in [0.2, 0.25) is 6.79 Å². The molecule has 0 fully saturated rings. The van der Waals surface area contributed by atoms with E-state index in [2.05, 4.69) is 5.32 Å². The molecule has 98 valence electrons. The molecule has 0 atom stereocenters. The molecular formula is C11H12F2N2O3. The summed E-state index contributed by atoms with van der Waals surface area (Å²) in [5.41, 5.74) is 0.798. The van der Waals surface area contributed by atoms with Gasteiger partial charge in [0, 0.05) is 6.54 Å². The third-order valence-electron chi connectivity index (χ3n) is 2.31. The molecular weight excluding hydrogens is 246 g/mol. The van der Waals surface area contributed by atoms with Crippen molar-refractivity contribution in [3.8, 4) is 11.5 Å². The van der Waals surface area contributed by atoms with Gasteiger partial charge in [-0.25, -0.2) is 13.6 Å². The molecule has 0 aliphatic carbocycles. The van der Waals surface area contributed by atoms with Crippen molar-refractivity contribution < 1.29 is 23.0 Å². The number of fused-ring (bicyclic) bond motifs is 1. The Bertz CT molecular complexity index is 440. The van der Waals surface area contributed by atoms with E-state index in [-0.39, 0.29) is 13.3 Å². The van der Waals surface area contributed by atoms with Crippen LogP contribution in [0.1, 0.15) is 5.56 Å². The lowest BCUT2D eigenvalue weighted by Crippen LogP contribution is -2.37. The van der Waals surface area contributed by atoms with Gasteiger partial charge in [-0.15, -0.1) is 0 Å². The van der Waals surface area contributed by atoms with Crippen molar-refractivity contribution in [3.05, 3.63) is 23.8 Å². The number of halogens is 2. The van der Waals surface area contributed by atoms with Crippen molar-refractivity contribution in [2.75, 3.05) is 13.3 Å². The largest absolute Gasteiger partial charge is 0.454 e. The summed E-state index contributed by atoms with van der Waals surface area (Å²) in [4.78, 5) is 11.1. The molecule has 0 bridgehead atoms. The smallest absolute Gasteiger partial charge is 0.315 e. The highest BCUT2D eigenvalue weighted by Gasteiger charge is 2.13. The minimum atomic E-state index is -2.55. The Morgan fingerprint density at radius 2 is 2.06 bits per heavy atom. The molecule has 2 rings (SSSR count). The van der Waals surface area contributed by atoms with E-state index < -0.39 is 19.0 Å². The van der Waals surface area contributed by atoms with Crippen LogP contribution >= 0.6 is 0 Å². The number of amides is 2. The highest BCUT2D eigenvalue weighted by molar-refractivity contribution is 5.73. The summed E-state index contributed by atoms with van der Waals surface area (Å²) < 4.78 is 34.0. The number of hydrogen-bond donors (Lipinski definition) is 2. The van der Waals surface area contributed by atoms with Gasteiger partial charge in [0.1, 0.15) is 0 Å². The first kappa shape index (κ1) is 12.4. The lowest BCUT2D eigenvalue weighted by Gasteiger charge is -2.07. The van der Waals surface area contributed by atoms with E-state index in [0.29, 0.717) is 11.5 Å². The fourth-order valence-corrected chi connectivity index (χ4v) is 1.47. The van der Waals surface area contributed by atoms with Crippen molar-refractivity contribution >= 4 is 6.03 Å². The number of alkyl halides is 2. The number of hydrogen-bond acceptors (Lipinski definition) is 3. The summed E-state index contributed by atoms with van der Waals surface area (Å²) in [6.45, 7) is -0.250. The fraction of sp³-hybridized carbons (Fsp3) is 0.364. The number of rotatable bonds is 4. The summed E-state index contributed by atoms with van der Waals surface area (Å²) in [6.07, 6.45) is -2.55. The van der Waals surface area contributed by atoms with E-state index in [1.807, 2.05) is 5.32 Å². The third-order valence-corrected chi connectivity index (χ3v) is 2.31.